The van der Waals surface area contributed by atoms with Crippen LogP contribution in [0.1, 0.15) is 76.2 Å². The van der Waals surface area contributed by atoms with Gasteiger partial charge in [0, 0.05) is 89.9 Å². The van der Waals surface area contributed by atoms with Crippen molar-refractivity contribution in [1.82, 2.24) is 46.2 Å². The predicted octanol–water partition coefficient (Wildman–Crippen LogP) is -1.29. The third-order valence-electron chi connectivity index (χ3n) is 12.0. The molecule has 0 spiro atoms. The molecule has 1 aromatic carbocycles. The summed E-state index contributed by atoms with van der Waals surface area (Å²) in [6.07, 6.45) is 0.525. The van der Waals surface area contributed by atoms with Gasteiger partial charge in [-0.25, -0.2) is 14.4 Å². The van der Waals surface area contributed by atoms with Crippen molar-refractivity contribution in [1.29, 1.82) is 0 Å². The minimum Gasteiger partial charge on any atom is -0.481 e. The summed E-state index contributed by atoms with van der Waals surface area (Å²) < 4.78 is 0. The van der Waals surface area contributed by atoms with Crippen LogP contribution in [0.3, 0.4) is 0 Å². The van der Waals surface area contributed by atoms with Crippen LogP contribution in [-0.2, 0) is 54.4 Å². The molecule has 1 aliphatic heterocycles. The number of rotatable bonds is 34. The Morgan fingerprint density at radius 3 is 1.51 bits per heavy atom. The molecular formula is C47H72LuN10O19S+3. The van der Waals surface area contributed by atoms with Crippen molar-refractivity contribution in [3.8, 4) is 0 Å². The van der Waals surface area contributed by atoms with E-state index in [0.717, 1.165) is 5.56 Å². The number of anilines is 1. The zero-order valence-electron chi connectivity index (χ0n) is 42.8. The fourth-order valence-electron chi connectivity index (χ4n) is 8.07. The summed E-state index contributed by atoms with van der Waals surface area (Å²) in [6.45, 7) is 0.0568. The minimum absolute atomic E-state index is 0. The molecule has 31 heteroatoms. The van der Waals surface area contributed by atoms with Gasteiger partial charge in [0.15, 0.2) is 5.11 Å². The first-order valence-electron chi connectivity index (χ1n) is 24.9. The fraction of sp³-hybridized carbons (Fsp3) is 0.617. The molecule has 1 fully saturated rings. The summed E-state index contributed by atoms with van der Waals surface area (Å²) in [5, 5.41) is 91.2. The Morgan fingerprint density at radius 1 is 0.513 bits per heavy atom. The number of hydrogen-bond donors (Lipinski definition) is 14. The Morgan fingerprint density at radius 2 is 0.987 bits per heavy atom. The second kappa shape index (κ2) is 38.5. The fourth-order valence-corrected chi connectivity index (χ4v) is 8.29. The molecule has 0 radical (unpaired) electrons. The van der Waals surface area contributed by atoms with Crippen LogP contribution in [-0.4, -0.2) is 240 Å². The third kappa shape index (κ3) is 32.0. The molecule has 442 valence electrons. The minimum atomic E-state index is -1.57. The smallest absolute Gasteiger partial charge is 0.481 e. The Kier molecular flexibility index (Phi) is 34.5. The van der Waals surface area contributed by atoms with Crippen LogP contribution in [0, 0.1) is 36.9 Å². The van der Waals surface area contributed by atoms with E-state index in [0.29, 0.717) is 36.6 Å². The van der Waals surface area contributed by atoms with Crippen LogP contribution in [0.2, 0.25) is 0 Å². The molecule has 1 aromatic rings. The van der Waals surface area contributed by atoms with Crippen molar-refractivity contribution in [2.24, 2.45) is 0 Å². The quantitative estimate of drug-likeness (QED) is 0.0282. The molecule has 1 heterocycles. The average Bonchev–Trinajstić information content (AvgIpc) is 3.33. The number of thiocarbonyl (C=S) groups is 1. The van der Waals surface area contributed by atoms with Crippen molar-refractivity contribution in [2.75, 3.05) is 90.4 Å². The molecule has 14 N–H and O–H groups in total. The Balaban J connectivity index is 0.0000304. The van der Waals surface area contributed by atoms with Crippen molar-refractivity contribution in [2.45, 2.75) is 101 Å². The Hall–Kier alpha value is -6.05. The maximum absolute atomic E-state index is 13.0. The van der Waals surface area contributed by atoms with E-state index in [4.69, 9.17) is 17.3 Å². The molecular weight excluding hydrogens is 1220 g/mol. The molecule has 0 bridgehead atoms. The number of nitrogens with zero attached hydrogens (tertiary/aromatic N) is 4. The summed E-state index contributed by atoms with van der Waals surface area (Å²) in [6, 6.07) is 1.24. The van der Waals surface area contributed by atoms with E-state index in [-0.39, 0.29) is 147 Å². The largest absolute Gasteiger partial charge is 3.00 e. The molecule has 0 aliphatic carbocycles. The molecule has 1 saturated heterocycles. The van der Waals surface area contributed by atoms with E-state index in [9.17, 15) is 88.5 Å². The third-order valence-corrected chi connectivity index (χ3v) is 12.2. The van der Waals surface area contributed by atoms with E-state index in [1.165, 1.54) is 0 Å². The predicted molar refractivity (Wildman–Crippen MR) is 275 cm³/mol. The number of benzene rings is 1. The molecule has 1 unspecified atom stereocenters. The van der Waals surface area contributed by atoms with Crippen LogP contribution in [0.4, 0.5) is 10.5 Å². The van der Waals surface area contributed by atoms with Crippen LogP contribution in [0.25, 0.3) is 0 Å². The van der Waals surface area contributed by atoms with Crippen molar-refractivity contribution in [3.63, 3.8) is 0 Å². The van der Waals surface area contributed by atoms with Gasteiger partial charge in [-0.1, -0.05) is 18.6 Å². The van der Waals surface area contributed by atoms with Gasteiger partial charge in [-0.3, -0.25) is 58.0 Å². The Labute approximate surface area is 484 Å². The van der Waals surface area contributed by atoms with E-state index >= 15 is 0 Å². The number of unbranched alkanes of at least 4 members (excludes halogenated alkanes) is 3. The summed E-state index contributed by atoms with van der Waals surface area (Å²) in [5.74, 6) is -11.0. The molecule has 4 amide bonds. The number of carbonyl (C=O) groups excluding carboxylic acids is 3. The van der Waals surface area contributed by atoms with E-state index in [1.54, 1.807) is 43.9 Å². The SMILES string of the molecule is O=C(O)CC[C@H](NC(=O)N[C@@H](CCCCNC(=O)[C@H](CCC(=O)O)NC(=O)CCCCCNC(=S)Nc1ccc(CC2CN(CC(=O)O)CCN(CC(=O)O)CCN(CC(=O)O)CCN2CC(=O)O)cc1)C(=O)O)C(=O)O.[Lu+3]. The maximum atomic E-state index is 13.0. The van der Waals surface area contributed by atoms with Gasteiger partial charge in [0.25, 0.3) is 0 Å². The molecule has 78 heavy (non-hydrogen) atoms. The van der Waals surface area contributed by atoms with Crippen molar-refractivity contribution >= 4 is 88.6 Å². The zero-order chi connectivity index (χ0) is 57.5. The van der Waals surface area contributed by atoms with Gasteiger partial charge < -0.3 is 72.8 Å². The van der Waals surface area contributed by atoms with Crippen LogP contribution < -0.4 is 31.9 Å². The first kappa shape index (κ1) is 70.0. The topological polar surface area (TPSA) is 435 Å². The van der Waals surface area contributed by atoms with E-state index in [1.807, 2.05) is 5.32 Å². The number of nitrogens with one attached hydrogen (secondary N) is 6. The van der Waals surface area contributed by atoms with E-state index in [2.05, 4.69) is 26.6 Å². The van der Waals surface area contributed by atoms with Gasteiger partial charge in [0.05, 0.1) is 26.2 Å². The normalized spacial score (nSPS) is 15.9. The zero-order valence-corrected chi connectivity index (χ0v) is 45.3. The summed E-state index contributed by atoms with van der Waals surface area (Å²) in [5.41, 5.74) is 1.40. The Bertz CT molecular complexity index is 2180. The molecule has 0 aromatic heterocycles. The summed E-state index contributed by atoms with van der Waals surface area (Å²) in [4.78, 5) is 137. The molecule has 0 saturated carbocycles. The first-order chi connectivity index (χ1) is 36.4. The number of hydrogen-bond acceptors (Lipinski definition) is 16. The summed E-state index contributed by atoms with van der Waals surface area (Å²) >= 11 is 5.46. The van der Waals surface area contributed by atoms with Gasteiger partial charge in [-0.2, -0.15) is 0 Å². The molecule has 1 aliphatic rings. The monoisotopic (exact) mass is 1290 g/mol. The average molecular weight is 1290 g/mol. The van der Waals surface area contributed by atoms with Gasteiger partial charge >= 0.3 is 90.7 Å². The number of carboxylic acid groups (broad SMARTS) is 8. The standard InChI is InChI=1S/C47H72N10O19S.Lu/c58-36(51-33(12-14-37(59)60)43(71)48-16-5-3-6-34(44(72)73)52-46(76)53-35(45(74)75)13-15-38(61)62)7-2-1-4-17-49-47(77)50-31-10-8-30(9-11-31)24-32-25-56(28-41(67)68)21-20-54(26-39(63)64)18-19-55(27-40(65)66)22-23-57(32)29-42(69)70;/h8-11,32-35H,1-7,12-29H2,(H,48,71)(H,51,58)(H,59,60)(H,61,62)(H,63,64)(H,65,66)(H,67,68)(H,69,70)(H,72,73)(H,74,75)(H2,49,50,77)(H2,52,53,76);/q;+3/t32?,33-,34-,35-;/m0./s1. The van der Waals surface area contributed by atoms with Crippen LogP contribution in [0.15, 0.2) is 24.3 Å². The van der Waals surface area contributed by atoms with Gasteiger partial charge in [0.2, 0.25) is 11.8 Å². The number of aliphatic carboxylic acids is 8. The van der Waals surface area contributed by atoms with Crippen LogP contribution in [0.5, 0.6) is 0 Å². The number of carbonyl (C=O) groups is 11. The van der Waals surface area contributed by atoms with Crippen molar-refractivity contribution in [3.05, 3.63) is 29.8 Å². The number of carboxylic acids is 8. The van der Waals surface area contributed by atoms with E-state index < -0.39 is 116 Å². The maximum Gasteiger partial charge on any atom is 3.00 e. The van der Waals surface area contributed by atoms with Gasteiger partial charge in [0.1, 0.15) is 18.1 Å². The summed E-state index contributed by atoms with van der Waals surface area (Å²) in [7, 11) is 0. The second-order valence-corrected chi connectivity index (χ2v) is 18.7. The molecule has 2 rings (SSSR count). The second-order valence-electron chi connectivity index (χ2n) is 18.3. The molecule has 29 nitrogen and oxygen atoms in total. The van der Waals surface area contributed by atoms with Crippen LogP contribution >= 0.6 is 12.2 Å². The molecule has 4 atom stereocenters. The number of urea groups is 1. The van der Waals surface area contributed by atoms with Crippen molar-refractivity contribution < 1.29 is 130 Å². The first-order valence-corrected chi connectivity index (χ1v) is 25.3. The number of amides is 4. The van der Waals surface area contributed by atoms with Gasteiger partial charge in [-0.15, -0.1) is 0 Å². The van der Waals surface area contributed by atoms with Gasteiger partial charge in [-0.05, 0) is 81.3 Å².